The van der Waals surface area contributed by atoms with Gasteiger partial charge in [-0.15, -0.1) is 12.4 Å². The fraction of sp³-hybridized carbons (Fsp3) is 0.615. The van der Waals surface area contributed by atoms with E-state index in [0.29, 0.717) is 0 Å². The molecule has 0 radical (unpaired) electrons. The second kappa shape index (κ2) is 7.64. The first-order valence-corrected chi connectivity index (χ1v) is 6.14. The van der Waals surface area contributed by atoms with Crippen LogP contribution in [0.3, 0.4) is 0 Å². The van der Waals surface area contributed by atoms with Gasteiger partial charge in [-0.3, -0.25) is 4.98 Å². The number of hydrogen-bond donors (Lipinski definition) is 1. The van der Waals surface area contributed by atoms with Crippen LogP contribution in [0, 0.1) is 5.92 Å². The van der Waals surface area contributed by atoms with Gasteiger partial charge in [0.25, 0.3) is 0 Å². The Morgan fingerprint density at radius 2 is 2.35 bits per heavy atom. The zero-order valence-corrected chi connectivity index (χ0v) is 11.2. The number of halogens is 1. The molecule has 0 amide bonds. The molecule has 0 bridgehead atoms. The number of nitrogens with one attached hydrogen (secondary N) is 1. The maximum atomic E-state index is 4.35. The van der Waals surface area contributed by atoms with Crippen molar-refractivity contribution in [1.29, 1.82) is 0 Å². The van der Waals surface area contributed by atoms with Crippen LogP contribution in [0.1, 0.15) is 18.5 Å². The molecular weight excluding hydrogens is 234 g/mol. The van der Waals surface area contributed by atoms with Crippen LogP contribution < -0.4 is 5.32 Å². The molecule has 1 N–H and O–H groups in total. The molecule has 0 spiro atoms. The monoisotopic (exact) mass is 255 g/mol. The first-order valence-electron chi connectivity index (χ1n) is 6.14. The van der Waals surface area contributed by atoms with Crippen molar-refractivity contribution in [3.63, 3.8) is 0 Å². The summed E-state index contributed by atoms with van der Waals surface area (Å²) in [4.78, 5) is 6.73. The van der Waals surface area contributed by atoms with Gasteiger partial charge < -0.3 is 10.2 Å². The topological polar surface area (TPSA) is 28.2 Å². The Morgan fingerprint density at radius 3 is 3.00 bits per heavy atom. The van der Waals surface area contributed by atoms with E-state index in [1.807, 2.05) is 12.3 Å². The van der Waals surface area contributed by atoms with Crippen molar-refractivity contribution in [2.45, 2.75) is 19.4 Å². The second-order valence-electron chi connectivity index (χ2n) is 4.73. The molecule has 1 atom stereocenters. The Morgan fingerprint density at radius 1 is 1.47 bits per heavy atom. The highest BCUT2D eigenvalue weighted by Crippen LogP contribution is 2.12. The summed E-state index contributed by atoms with van der Waals surface area (Å²) in [7, 11) is 2.18. The lowest BCUT2D eigenvalue weighted by molar-refractivity contribution is 0.235. The van der Waals surface area contributed by atoms with E-state index in [0.717, 1.165) is 18.2 Å². The minimum atomic E-state index is 0. The summed E-state index contributed by atoms with van der Waals surface area (Å²) in [5.41, 5.74) is 1.16. The van der Waals surface area contributed by atoms with Crippen molar-refractivity contribution in [1.82, 2.24) is 15.2 Å². The van der Waals surface area contributed by atoms with E-state index in [1.165, 1.54) is 32.5 Å². The van der Waals surface area contributed by atoms with E-state index in [-0.39, 0.29) is 12.4 Å². The summed E-state index contributed by atoms with van der Waals surface area (Å²) in [6, 6.07) is 6.11. The molecule has 0 aromatic carbocycles. The zero-order valence-electron chi connectivity index (χ0n) is 10.4. The van der Waals surface area contributed by atoms with Crippen molar-refractivity contribution in [2.75, 3.05) is 26.7 Å². The van der Waals surface area contributed by atoms with Crippen LogP contribution in [-0.2, 0) is 6.54 Å². The van der Waals surface area contributed by atoms with Crippen LogP contribution in [-0.4, -0.2) is 36.6 Å². The summed E-state index contributed by atoms with van der Waals surface area (Å²) in [6.45, 7) is 4.49. The van der Waals surface area contributed by atoms with Gasteiger partial charge >= 0.3 is 0 Å². The predicted octanol–water partition coefficient (Wildman–Crippen LogP) is 1.93. The molecular formula is C13H22ClN3. The average molecular weight is 256 g/mol. The predicted molar refractivity (Wildman–Crippen MR) is 73.4 cm³/mol. The first-order chi connectivity index (χ1) is 7.84. The Balaban J connectivity index is 0.00000144. The highest BCUT2D eigenvalue weighted by Gasteiger charge is 2.14. The molecule has 1 saturated heterocycles. The van der Waals surface area contributed by atoms with E-state index < -0.39 is 0 Å². The summed E-state index contributed by atoms with van der Waals surface area (Å²) in [5, 5.41) is 3.46. The fourth-order valence-electron chi connectivity index (χ4n) is 2.35. The van der Waals surface area contributed by atoms with Gasteiger partial charge in [0, 0.05) is 19.3 Å². The number of pyridine rings is 1. The van der Waals surface area contributed by atoms with Crippen LogP contribution in [0.5, 0.6) is 0 Å². The third kappa shape index (κ3) is 5.02. The molecule has 1 aromatic heterocycles. The van der Waals surface area contributed by atoms with Crippen LogP contribution in [0.25, 0.3) is 0 Å². The minimum absolute atomic E-state index is 0. The molecule has 96 valence electrons. The van der Waals surface area contributed by atoms with E-state index in [9.17, 15) is 0 Å². The van der Waals surface area contributed by atoms with Crippen molar-refractivity contribution in [3.8, 4) is 0 Å². The first kappa shape index (κ1) is 14.4. The van der Waals surface area contributed by atoms with Crippen LogP contribution in [0.4, 0.5) is 0 Å². The molecule has 3 nitrogen and oxygen atoms in total. The number of rotatable bonds is 4. The maximum absolute atomic E-state index is 4.35. The van der Waals surface area contributed by atoms with Gasteiger partial charge in [-0.1, -0.05) is 6.07 Å². The van der Waals surface area contributed by atoms with Gasteiger partial charge in [-0.05, 0) is 51.0 Å². The summed E-state index contributed by atoms with van der Waals surface area (Å²) in [6.07, 6.45) is 4.55. The number of nitrogens with zero attached hydrogens (tertiary/aromatic N) is 2. The summed E-state index contributed by atoms with van der Waals surface area (Å²) >= 11 is 0. The molecule has 1 aliphatic heterocycles. The molecule has 0 aliphatic carbocycles. The third-order valence-electron chi connectivity index (χ3n) is 3.13. The van der Waals surface area contributed by atoms with E-state index >= 15 is 0 Å². The quantitative estimate of drug-likeness (QED) is 0.891. The molecule has 1 unspecified atom stereocenters. The van der Waals surface area contributed by atoms with E-state index in [4.69, 9.17) is 0 Å². The molecule has 1 fully saturated rings. The lowest BCUT2D eigenvalue weighted by Gasteiger charge is -2.27. The van der Waals surface area contributed by atoms with Crippen LogP contribution in [0.15, 0.2) is 24.4 Å². The second-order valence-corrected chi connectivity index (χ2v) is 4.73. The lowest BCUT2D eigenvalue weighted by Crippen LogP contribution is -2.36. The molecule has 4 heteroatoms. The zero-order chi connectivity index (χ0) is 11.2. The smallest absolute Gasteiger partial charge is 0.0543 e. The Bertz CT molecular complexity index is 299. The fourth-order valence-corrected chi connectivity index (χ4v) is 2.35. The summed E-state index contributed by atoms with van der Waals surface area (Å²) in [5.74, 6) is 0.808. The molecule has 0 saturated carbocycles. The van der Waals surface area contributed by atoms with Gasteiger partial charge in [0.2, 0.25) is 0 Å². The minimum Gasteiger partial charge on any atom is -0.316 e. The molecule has 1 aliphatic rings. The average Bonchev–Trinajstić information content (AvgIpc) is 2.31. The summed E-state index contributed by atoms with van der Waals surface area (Å²) < 4.78 is 0. The molecule has 2 heterocycles. The van der Waals surface area contributed by atoms with E-state index in [2.05, 4.69) is 34.4 Å². The van der Waals surface area contributed by atoms with Crippen molar-refractivity contribution < 1.29 is 0 Å². The standard InChI is InChI=1S/C13H21N3.ClH/c1-16(10-12-5-4-7-14-9-12)11-13-6-2-3-8-15-13;/h2-3,6,8,12,14H,4-5,7,9-11H2,1H3;1H. The Labute approximate surface area is 110 Å². The number of aromatic nitrogens is 1. The van der Waals surface area contributed by atoms with Crippen LogP contribution in [0.2, 0.25) is 0 Å². The highest BCUT2D eigenvalue weighted by atomic mass is 35.5. The third-order valence-corrected chi connectivity index (χ3v) is 3.13. The molecule has 17 heavy (non-hydrogen) atoms. The van der Waals surface area contributed by atoms with Gasteiger partial charge in [-0.2, -0.15) is 0 Å². The normalized spacial score (nSPS) is 20.0. The van der Waals surface area contributed by atoms with Gasteiger partial charge in [0.15, 0.2) is 0 Å². The largest absolute Gasteiger partial charge is 0.316 e. The maximum Gasteiger partial charge on any atom is 0.0543 e. The van der Waals surface area contributed by atoms with E-state index in [1.54, 1.807) is 0 Å². The highest BCUT2D eigenvalue weighted by molar-refractivity contribution is 5.85. The van der Waals surface area contributed by atoms with Crippen molar-refractivity contribution >= 4 is 12.4 Å². The van der Waals surface area contributed by atoms with Crippen molar-refractivity contribution in [2.24, 2.45) is 5.92 Å². The van der Waals surface area contributed by atoms with Gasteiger partial charge in [0.05, 0.1) is 5.69 Å². The number of piperidine rings is 1. The van der Waals surface area contributed by atoms with Crippen LogP contribution >= 0.6 is 12.4 Å². The van der Waals surface area contributed by atoms with Gasteiger partial charge in [0.1, 0.15) is 0 Å². The number of hydrogen-bond acceptors (Lipinski definition) is 3. The Hall–Kier alpha value is -0.640. The molecule has 1 aromatic rings. The lowest BCUT2D eigenvalue weighted by atomic mass is 9.99. The van der Waals surface area contributed by atoms with Crippen molar-refractivity contribution in [3.05, 3.63) is 30.1 Å². The SMILES string of the molecule is CN(Cc1ccccn1)CC1CCCNC1.Cl. The van der Waals surface area contributed by atoms with Gasteiger partial charge in [-0.25, -0.2) is 0 Å². The molecule has 2 rings (SSSR count). The Kier molecular flexibility index (Phi) is 6.48.